The first-order chi connectivity index (χ1) is 21.5. The van der Waals surface area contributed by atoms with Gasteiger partial charge in [-0.05, 0) is 142 Å². The summed E-state index contributed by atoms with van der Waals surface area (Å²) in [4.78, 5) is 0. The van der Waals surface area contributed by atoms with Crippen LogP contribution in [0.25, 0.3) is 32.7 Å². The standard InChI is InChI=1S/C42H36N2Si/c1-25-19-31(20-26(2)41(25)43)9-7-29-11-15-35-33(23-29)13-17-37-39(35)40-36-16-12-30(24-34(36)14-18-38(40)45(37,5)6)8-10-32-21-27(3)42(44)28(4)22-32/h11-24H,43-44H2,1-6H3. The molecule has 0 atom stereocenters. The molecule has 1 aliphatic rings. The Hall–Kier alpha value is -5.22. The van der Waals surface area contributed by atoms with Gasteiger partial charge in [-0.2, -0.15) is 0 Å². The van der Waals surface area contributed by atoms with E-state index < -0.39 is 8.07 Å². The first-order valence-corrected chi connectivity index (χ1v) is 18.4. The van der Waals surface area contributed by atoms with E-state index in [1.807, 2.05) is 27.7 Å². The van der Waals surface area contributed by atoms with E-state index in [2.05, 4.69) is 122 Å². The predicted molar refractivity (Wildman–Crippen MR) is 196 cm³/mol. The maximum Gasteiger partial charge on any atom is 0.113 e. The minimum Gasteiger partial charge on any atom is -0.398 e. The number of fused-ring (bicyclic) bond motifs is 7. The Kier molecular flexibility index (Phi) is 6.63. The maximum absolute atomic E-state index is 6.15. The molecule has 1 aliphatic heterocycles. The number of anilines is 2. The van der Waals surface area contributed by atoms with Crippen molar-refractivity contribution in [1.82, 2.24) is 0 Å². The van der Waals surface area contributed by atoms with Crippen molar-refractivity contribution in [3.05, 3.63) is 129 Å². The molecule has 0 saturated carbocycles. The normalized spacial score (nSPS) is 12.7. The van der Waals surface area contributed by atoms with Crippen molar-refractivity contribution < 1.29 is 0 Å². The second-order valence-corrected chi connectivity index (χ2v) is 17.3. The molecule has 0 spiro atoms. The van der Waals surface area contributed by atoms with E-state index in [1.54, 1.807) is 0 Å². The molecule has 0 bridgehead atoms. The van der Waals surface area contributed by atoms with Crippen LogP contribution in [0, 0.1) is 51.4 Å². The number of nitrogens with two attached hydrogens (primary N) is 2. The van der Waals surface area contributed by atoms with Gasteiger partial charge in [0.05, 0.1) is 0 Å². The summed E-state index contributed by atoms with van der Waals surface area (Å²) in [5, 5.41) is 8.03. The summed E-state index contributed by atoms with van der Waals surface area (Å²) in [6, 6.07) is 30.9. The minimum atomic E-state index is -1.87. The van der Waals surface area contributed by atoms with Crippen molar-refractivity contribution in [3.8, 4) is 34.8 Å². The molecule has 2 nitrogen and oxygen atoms in total. The molecule has 0 aliphatic carbocycles. The fourth-order valence-corrected chi connectivity index (χ4v) is 9.98. The van der Waals surface area contributed by atoms with Gasteiger partial charge in [-0.15, -0.1) is 0 Å². The molecule has 6 aromatic carbocycles. The number of hydrogen-bond donors (Lipinski definition) is 2. The van der Waals surface area contributed by atoms with Gasteiger partial charge < -0.3 is 11.5 Å². The molecule has 6 aromatic rings. The quantitative estimate of drug-likeness (QED) is 0.106. The van der Waals surface area contributed by atoms with Gasteiger partial charge in [-0.25, -0.2) is 0 Å². The lowest BCUT2D eigenvalue weighted by Gasteiger charge is -2.19. The van der Waals surface area contributed by atoms with Crippen LogP contribution in [-0.2, 0) is 0 Å². The van der Waals surface area contributed by atoms with Crippen LogP contribution in [0.15, 0.2) is 84.9 Å². The third kappa shape index (κ3) is 4.78. The highest BCUT2D eigenvalue weighted by Crippen LogP contribution is 2.39. The summed E-state index contributed by atoms with van der Waals surface area (Å²) in [5.74, 6) is 13.5. The highest BCUT2D eigenvalue weighted by Gasteiger charge is 2.39. The zero-order chi connectivity index (χ0) is 31.6. The summed E-state index contributed by atoms with van der Waals surface area (Å²) < 4.78 is 0. The first kappa shape index (κ1) is 28.5. The Balaban J connectivity index is 1.32. The van der Waals surface area contributed by atoms with Gasteiger partial charge in [-0.1, -0.05) is 73.2 Å². The lowest BCUT2D eigenvalue weighted by Crippen LogP contribution is -2.49. The smallest absolute Gasteiger partial charge is 0.113 e. The van der Waals surface area contributed by atoms with Gasteiger partial charge in [0.25, 0.3) is 0 Å². The van der Waals surface area contributed by atoms with Crippen LogP contribution in [0.5, 0.6) is 0 Å². The molecule has 0 unspecified atom stereocenters. The van der Waals surface area contributed by atoms with Crippen molar-refractivity contribution in [2.24, 2.45) is 0 Å². The van der Waals surface area contributed by atoms with Crippen LogP contribution in [-0.4, -0.2) is 8.07 Å². The van der Waals surface area contributed by atoms with Gasteiger partial charge in [0.1, 0.15) is 8.07 Å². The van der Waals surface area contributed by atoms with Crippen LogP contribution in [0.1, 0.15) is 44.5 Å². The second-order valence-electron chi connectivity index (χ2n) is 13.0. The van der Waals surface area contributed by atoms with E-state index in [1.165, 1.54) is 43.0 Å². The molecular weight excluding hydrogens is 561 g/mol. The van der Waals surface area contributed by atoms with Crippen LogP contribution < -0.4 is 21.8 Å². The monoisotopic (exact) mass is 596 g/mol. The zero-order valence-electron chi connectivity index (χ0n) is 26.7. The molecule has 218 valence electrons. The second kappa shape index (κ2) is 10.4. The molecule has 7 rings (SSSR count). The van der Waals surface area contributed by atoms with Gasteiger partial charge in [0.15, 0.2) is 0 Å². The van der Waals surface area contributed by atoms with Crippen LogP contribution in [0.3, 0.4) is 0 Å². The van der Waals surface area contributed by atoms with Crippen LogP contribution in [0.2, 0.25) is 13.1 Å². The van der Waals surface area contributed by atoms with E-state index >= 15 is 0 Å². The van der Waals surface area contributed by atoms with E-state index in [0.717, 1.165) is 55.9 Å². The number of nitrogen functional groups attached to an aromatic ring is 2. The highest BCUT2D eigenvalue weighted by molar-refractivity contribution is 7.04. The molecule has 4 N–H and O–H groups in total. The van der Waals surface area contributed by atoms with Crippen LogP contribution in [0.4, 0.5) is 11.4 Å². The number of aryl methyl sites for hydroxylation is 4. The molecule has 0 amide bonds. The van der Waals surface area contributed by atoms with Gasteiger partial charge in [0, 0.05) is 33.6 Å². The lowest BCUT2D eigenvalue weighted by atomic mass is 9.92. The molecule has 1 heterocycles. The molecule has 3 heteroatoms. The Morgan fingerprint density at radius 1 is 0.444 bits per heavy atom. The van der Waals surface area contributed by atoms with E-state index in [9.17, 15) is 0 Å². The first-order valence-electron chi connectivity index (χ1n) is 15.4. The van der Waals surface area contributed by atoms with Crippen molar-refractivity contribution in [1.29, 1.82) is 0 Å². The van der Waals surface area contributed by atoms with Crippen molar-refractivity contribution in [3.63, 3.8) is 0 Å². The fourth-order valence-electron chi connectivity index (χ4n) is 6.92. The predicted octanol–water partition coefficient (Wildman–Crippen LogP) is 7.99. The topological polar surface area (TPSA) is 52.0 Å². The van der Waals surface area contributed by atoms with E-state index in [-0.39, 0.29) is 0 Å². The Morgan fingerprint density at radius 2 is 0.800 bits per heavy atom. The maximum atomic E-state index is 6.15. The van der Waals surface area contributed by atoms with Gasteiger partial charge in [0.2, 0.25) is 0 Å². The summed E-state index contributed by atoms with van der Waals surface area (Å²) in [5.41, 5.74) is 25.0. The fraction of sp³-hybridized carbons (Fsp3) is 0.143. The summed E-state index contributed by atoms with van der Waals surface area (Å²) >= 11 is 0. The minimum absolute atomic E-state index is 0.840. The Labute approximate surface area is 267 Å². The molecule has 45 heavy (non-hydrogen) atoms. The molecule has 0 saturated heterocycles. The summed E-state index contributed by atoms with van der Waals surface area (Å²) in [7, 11) is -1.87. The average Bonchev–Trinajstić information content (AvgIpc) is 3.26. The van der Waals surface area contributed by atoms with Gasteiger partial charge >= 0.3 is 0 Å². The average molecular weight is 597 g/mol. The Morgan fingerprint density at radius 3 is 1.18 bits per heavy atom. The summed E-state index contributed by atoms with van der Waals surface area (Å²) in [6.45, 7) is 13.1. The van der Waals surface area contributed by atoms with E-state index in [0.29, 0.717) is 0 Å². The largest absolute Gasteiger partial charge is 0.398 e. The van der Waals surface area contributed by atoms with Crippen molar-refractivity contribution in [2.45, 2.75) is 40.8 Å². The number of hydrogen-bond acceptors (Lipinski definition) is 2. The van der Waals surface area contributed by atoms with Crippen LogP contribution >= 0.6 is 0 Å². The third-order valence-electron chi connectivity index (χ3n) is 9.53. The molecule has 0 aromatic heterocycles. The Bertz CT molecular complexity index is 2160. The highest BCUT2D eigenvalue weighted by atomic mass is 28.3. The molecule has 0 radical (unpaired) electrons. The molecule has 0 fully saturated rings. The summed E-state index contributed by atoms with van der Waals surface area (Å²) in [6.07, 6.45) is 0. The zero-order valence-corrected chi connectivity index (χ0v) is 27.7. The SMILES string of the molecule is Cc1cc(C#Cc2ccc3c4c(ccc3c2)[Si](C)(C)c2ccc3cc(C#Cc5cc(C)c(N)c(C)c5)ccc3c2-4)cc(C)c1N. The molecular formula is C42H36N2Si. The van der Waals surface area contributed by atoms with E-state index in [4.69, 9.17) is 11.5 Å². The van der Waals surface area contributed by atoms with Gasteiger partial charge in [-0.3, -0.25) is 0 Å². The number of rotatable bonds is 0. The number of benzene rings is 6. The van der Waals surface area contributed by atoms with Crippen molar-refractivity contribution in [2.75, 3.05) is 11.5 Å². The van der Waals surface area contributed by atoms with Crippen molar-refractivity contribution >= 4 is 51.4 Å². The third-order valence-corrected chi connectivity index (χ3v) is 13.1. The lowest BCUT2D eigenvalue weighted by molar-refractivity contribution is 1.37.